The first-order valence-corrected chi connectivity index (χ1v) is 11.2. The van der Waals surface area contributed by atoms with Gasteiger partial charge in [-0.3, -0.25) is 0 Å². The lowest BCUT2D eigenvalue weighted by molar-refractivity contribution is -0.137. The molecule has 0 N–H and O–H groups in total. The van der Waals surface area contributed by atoms with E-state index >= 15 is 0 Å². The molecule has 0 amide bonds. The van der Waals surface area contributed by atoms with E-state index in [1.54, 1.807) is 24.3 Å². The minimum atomic E-state index is -4.57. The number of hydrogen-bond acceptors (Lipinski definition) is 5. The van der Waals surface area contributed by atoms with E-state index in [4.69, 9.17) is 14.2 Å². The predicted octanol–water partition coefficient (Wildman–Crippen LogP) is 7.10. The zero-order chi connectivity index (χ0) is 25.3. The van der Waals surface area contributed by atoms with Crippen LogP contribution in [0.25, 0.3) is 0 Å². The molecule has 3 aromatic rings. The number of hydrogen-bond donors (Lipinski definition) is 0. The Balaban J connectivity index is 1.53. The number of esters is 2. The van der Waals surface area contributed by atoms with E-state index in [0.717, 1.165) is 37.5 Å². The summed E-state index contributed by atoms with van der Waals surface area (Å²) in [6.07, 6.45) is -0.145. The molecule has 0 spiro atoms. The second-order valence-electron chi connectivity index (χ2n) is 7.76. The van der Waals surface area contributed by atoms with Crippen LogP contribution in [0.1, 0.15) is 58.9 Å². The normalized spacial score (nSPS) is 11.1. The van der Waals surface area contributed by atoms with Crippen molar-refractivity contribution in [2.75, 3.05) is 6.61 Å². The van der Waals surface area contributed by atoms with Crippen molar-refractivity contribution in [3.8, 4) is 17.2 Å². The van der Waals surface area contributed by atoms with E-state index < -0.39 is 23.7 Å². The van der Waals surface area contributed by atoms with Crippen molar-refractivity contribution in [2.45, 2.75) is 38.8 Å². The number of halogens is 3. The molecule has 0 unspecified atom stereocenters. The summed E-state index contributed by atoms with van der Waals surface area (Å²) in [5.74, 6) is -0.538. The smallest absolute Gasteiger partial charge is 0.416 e. The molecule has 5 nitrogen and oxygen atoms in total. The fourth-order valence-corrected chi connectivity index (χ4v) is 3.14. The molecule has 0 aliphatic carbocycles. The Labute approximate surface area is 201 Å². The maximum absolute atomic E-state index is 12.8. The molecule has 0 radical (unpaired) electrons. The predicted molar refractivity (Wildman–Crippen MR) is 124 cm³/mol. The van der Waals surface area contributed by atoms with Gasteiger partial charge in [-0.1, -0.05) is 32.3 Å². The third-order valence-electron chi connectivity index (χ3n) is 5.03. The number of carbonyl (C=O) groups excluding carboxylic acids is 2. The molecule has 0 atom stereocenters. The third kappa shape index (κ3) is 7.88. The zero-order valence-corrected chi connectivity index (χ0v) is 19.1. The zero-order valence-electron chi connectivity index (χ0n) is 19.1. The van der Waals surface area contributed by atoms with Crippen LogP contribution in [0, 0.1) is 0 Å². The van der Waals surface area contributed by atoms with E-state index in [1.807, 2.05) is 0 Å². The van der Waals surface area contributed by atoms with Gasteiger partial charge in [0.25, 0.3) is 0 Å². The fourth-order valence-electron chi connectivity index (χ4n) is 3.14. The molecule has 3 rings (SSSR count). The molecule has 0 fully saturated rings. The Morgan fingerprint density at radius 3 is 1.86 bits per heavy atom. The first kappa shape index (κ1) is 25.8. The van der Waals surface area contributed by atoms with Gasteiger partial charge >= 0.3 is 18.1 Å². The lowest BCUT2D eigenvalue weighted by Gasteiger charge is -2.09. The summed E-state index contributed by atoms with van der Waals surface area (Å²) in [5, 5.41) is 0. The van der Waals surface area contributed by atoms with Gasteiger partial charge in [0.05, 0.1) is 23.3 Å². The Bertz CT molecular complexity index is 1120. The van der Waals surface area contributed by atoms with E-state index in [9.17, 15) is 22.8 Å². The Morgan fingerprint density at radius 1 is 0.714 bits per heavy atom. The van der Waals surface area contributed by atoms with Gasteiger partial charge in [0.15, 0.2) is 0 Å². The number of alkyl halides is 3. The highest BCUT2D eigenvalue weighted by Crippen LogP contribution is 2.30. The van der Waals surface area contributed by atoms with Crippen LogP contribution in [-0.4, -0.2) is 18.5 Å². The monoisotopic (exact) mass is 486 g/mol. The lowest BCUT2D eigenvalue weighted by Crippen LogP contribution is -2.11. The molecule has 0 aliphatic rings. The molecule has 0 bridgehead atoms. The van der Waals surface area contributed by atoms with Crippen LogP contribution in [0.3, 0.4) is 0 Å². The molecule has 0 saturated carbocycles. The minimum absolute atomic E-state index is 0.0904. The molecule has 0 aromatic heterocycles. The van der Waals surface area contributed by atoms with Crippen molar-refractivity contribution >= 4 is 11.9 Å². The maximum atomic E-state index is 12.8. The van der Waals surface area contributed by atoms with Crippen molar-refractivity contribution in [1.29, 1.82) is 0 Å². The summed E-state index contributed by atoms with van der Waals surface area (Å²) in [4.78, 5) is 24.6. The largest absolute Gasteiger partial charge is 0.494 e. The summed E-state index contributed by atoms with van der Waals surface area (Å²) in [5.41, 5.74) is -0.840. The molecule has 8 heteroatoms. The van der Waals surface area contributed by atoms with Crippen LogP contribution in [0.2, 0.25) is 0 Å². The minimum Gasteiger partial charge on any atom is -0.494 e. The van der Waals surface area contributed by atoms with Crippen molar-refractivity contribution in [3.05, 3.63) is 89.5 Å². The average molecular weight is 486 g/mol. The van der Waals surface area contributed by atoms with E-state index in [0.29, 0.717) is 17.9 Å². The Kier molecular flexibility index (Phi) is 8.89. The summed E-state index contributed by atoms with van der Waals surface area (Å²) in [7, 11) is 0. The third-order valence-corrected chi connectivity index (χ3v) is 5.03. The standard InChI is InChI=1S/C27H25F3O5/c1-2-3-4-5-17-33-22-11-9-19(10-12-22)25(31)34-23-13-15-24(16-14-23)35-26(32)20-7-6-8-21(18-20)27(28,29)30/h6-16,18H,2-5,17H2,1H3. The molecule has 184 valence electrons. The molecule has 0 heterocycles. The first-order valence-electron chi connectivity index (χ1n) is 11.2. The SMILES string of the molecule is CCCCCCOc1ccc(C(=O)Oc2ccc(OC(=O)c3cccc(C(F)(F)F)c3)cc2)cc1. The number of unbranched alkanes of at least 4 members (excludes halogenated alkanes) is 3. The van der Waals surface area contributed by atoms with E-state index in [2.05, 4.69) is 6.92 Å². The van der Waals surface area contributed by atoms with Crippen molar-refractivity contribution < 1.29 is 37.0 Å². The highest BCUT2D eigenvalue weighted by Gasteiger charge is 2.31. The Morgan fingerprint density at radius 2 is 1.29 bits per heavy atom. The van der Waals surface area contributed by atoms with Crippen molar-refractivity contribution in [2.24, 2.45) is 0 Å². The summed E-state index contributed by atoms with van der Waals surface area (Å²) in [6.45, 7) is 2.76. The van der Waals surface area contributed by atoms with Crippen molar-refractivity contribution in [3.63, 3.8) is 0 Å². The highest BCUT2D eigenvalue weighted by atomic mass is 19.4. The number of ether oxygens (including phenoxy) is 3. The van der Waals surface area contributed by atoms with Crippen LogP contribution < -0.4 is 14.2 Å². The van der Waals surface area contributed by atoms with Gasteiger partial charge in [-0.2, -0.15) is 13.2 Å². The van der Waals surface area contributed by atoms with Gasteiger partial charge in [0, 0.05) is 0 Å². The molecular formula is C27H25F3O5. The number of carbonyl (C=O) groups is 2. The second kappa shape index (κ2) is 12.1. The van der Waals surface area contributed by atoms with E-state index in [-0.39, 0.29) is 17.1 Å². The van der Waals surface area contributed by atoms with Crippen molar-refractivity contribution in [1.82, 2.24) is 0 Å². The molecule has 0 aliphatic heterocycles. The van der Waals surface area contributed by atoms with E-state index in [1.165, 1.54) is 36.8 Å². The maximum Gasteiger partial charge on any atom is 0.416 e. The van der Waals surface area contributed by atoms with Crippen LogP contribution in [0.15, 0.2) is 72.8 Å². The Hall–Kier alpha value is -3.81. The average Bonchev–Trinajstić information content (AvgIpc) is 2.85. The molecule has 0 saturated heterocycles. The van der Waals surface area contributed by atoms with Gasteiger partial charge in [-0.25, -0.2) is 9.59 Å². The van der Waals surface area contributed by atoms with Crippen LogP contribution >= 0.6 is 0 Å². The van der Waals surface area contributed by atoms with Gasteiger partial charge in [-0.15, -0.1) is 0 Å². The van der Waals surface area contributed by atoms with Gasteiger partial charge in [0.2, 0.25) is 0 Å². The highest BCUT2D eigenvalue weighted by molar-refractivity contribution is 5.92. The summed E-state index contributed by atoms with van der Waals surface area (Å²) in [6, 6.07) is 16.2. The summed E-state index contributed by atoms with van der Waals surface area (Å²) >= 11 is 0. The second-order valence-corrected chi connectivity index (χ2v) is 7.76. The van der Waals surface area contributed by atoms with Gasteiger partial charge in [0.1, 0.15) is 17.2 Å². The lowest BCUT2D eigenvalue weighted by atomic mass is 10.1. The van der Waals surface area contributed by atoms with Gasteiger partial charge < -0.3 is 14.2 Å². The quantitative estimate of drug-likeness (QED) is 0.174. The van der Waals surface area contributed by atoms with Crippen LogP contribution in [0.5, 0.6) is 17.2 Å². The summed E-state index contributed by atoms with van der Waals surface area (Å²) < 4.78 is 54.6. The topological polar surface area (TPSA) is 61.8 Å². The molecular weight excluding hydrogens is 461 g/mol. The number of rotatable bonds is 10. The van der Waals surface area contributed by atoms with Crippen LogP contribution in [-0.2, 0) is 6.18 Å². The van der Waals surface area contributed by atoms with Crippen LogP contribution in [0.4, 0.5) is 13.2 Å². The van der Waals surface area contributed by atoms with Gasteiger partial charge in [-0.05, 0) is 73.2 Å². The number of benzene rings is 3. The fraction of sp³-hybridized carbons (Fsp3) is 0.259. The molecule has 3 aromatic carbocycles. The first-order chi connectivity index (χ1) is 16.8. The molecule has 35 heavy (non-hydrogen) atoms.